The molecule has 0 saturated carbocycles. The van der Waals surface area contributed by atoms with Crippen molar-refractivity contribution in [1.29, 1.82) is 0 Å². The van der Waals surface area contributed by atoms with Gasteiger partial charge in [-0.3, -0.25) is 0 Å². The molecule has 2 nitrogen and oxygen atoms in total. The van der Waals surface area contributed by atoms with Gasteiger partial charge < -0.3 is 10.4 Å². The lowest BCUT2D eigenvalue weighted by Gasteiger charge is -2.27. The molecule has 0 radical (unpaired) electrons. The Bertz CT molecular complexity index is 602. The highest BCUT2D eigenvalue weighted by molar-refractivity contribution is 7.98. The Morgan fingerprint density at radius 3 is 2.89 bits per heavy atom. The third-order valence-electron chi connectivity index (χ3n) is 3.26. The molecule has 1 atom stereocenters. The Balaban J connectivity index is 1.86. The predicted octanol–water partition coefficient (Wildman–Crippen LogP) is 3.93. The molecule has 1 aliphatic rings. The Morgan fingerprint density at radius 1 is 1.21 bits per heavy atom. The van der Waals surface area contributed by atoms with Crippen molar-refractivity contribution in [1.82, 2.24) is 0 Å². The fourth-order valence-corrected chi connectivity index (χ4v) is 3.40. The second-order valence-corrected chi connectivity index (χ2v) is 5.61. The second-order valence-electron chi connectivity index (χ2n) is 4.58. The number of hydrogen-bond donors (Lipinski definition) is 2. The molecule has 0 bridgehead atoms. The van der Waals surface area contributed by atoms with Crippen LogP contribution in [0.25, 0.3) is 0 Å². The molecule has 2 N–H and O–H groups in total. The molecule has 2 aromatic carbocycles. The maximum Gasteiger partial charge on any atom is 0.166 e. The van der Waals surface area contributed by atoms with Crippen LogP contribution in [0.5, 0.6) is 5.75 Å². The molecule has 0 aliphatic carbocycles. The quantitative estimate of drug-likeness (QED) is 0.814. The van der Waals surface area contributed by atoms with Crippen molar-refractivity contribution in [2.24, 2.45) is 0 Å². The molecule has 1 heterocycles. The molecule has 0 spiro atoms. The third-order valence-corrected chi connectivity index (χ3v) is 4.35. The largest absolute Gasteiger partial charge is 0.505 e. The smallest absolute Gasteiger partial charge is 0.166 e. The number of fused-ring (bicyclic) bond motifs is 1. The number of aromatic hydroxyl groups is 1. The van der Waals surface area contributed by atoms with Gasteiger partial charge in [-0.05, 0) is 23.3 Å². The summed E-state index contributed by atoms with van der Waals surface area (Å²) in [5, 5.41) is 12.5. The lowest BCUT2D eigenvalue weighted by molar-refractivity contribution is 0.432. The van der Waals surface area contributed by atoms with Crippen molar-refractivity contribution in [2.45, 2.75) is 11.8 Å². The van der Waals surface area contributed by atoms with Crippen LogP contribution in [0.4, 0.5) is 10.1 Å². The first-order valence-corrected chi connectivity index (χ1v) is 7.30. The minimum absolute atomic E-state index is 0.180. The number of rotatable bonds is 2. The molecule has 98 valence electrons. The number of anilines is 1. The summed E-state index contributed by atoms with van der Waals surface area (Å²) < 4.78 is 13.3. The van der Waals surface area contributed by atoms with E-state index < -0.39 is 5.82 Å². The summed E-state index contributed by atoms with van der Waals surface area (Å²) >= 11 is 1.87. The highest BCUT2D eigenvalue weighted by atomic mass is 32.2. The van der Waals surface area contributed by atoms with E-state index in [1.54, 1.807) is 6.07 Å². The number of benzene rings is 2. The first-order valence-electron chi connectivity index (χ1n) is 6.14. The van der Waals surface area contributed by atoms with Gasteiger partial charge in [-0.2, -0.15) is 11.8 Å². The first kappa shape index (κ1) is 12.4. The molecule has 2 aromatic rings. The van der Waals surface area contributed by atoms with Crippen LogP contribution >= 0.6 is 11.8 Å². The van der Waals surface area contributed by atoms with E-state index in [2.05, 4.69) is 17.4 Å². The maximum absolute atomic E-state index is 13.3. The Kier molecular flexibility index (Phi) is 3.34. The number of thioether (sulfide) groups is 1. The summed E-state index contributed by atoms with van der Waals surface area (Å²) in [5.41, 5.74) is 3.29. The minimum atomic E-state index is -0.596. The van der Waals surface area contributed by atoms with Crippen molar-refractivity contribution in [3.05, 3.63) is 59.4 Å². The van der Waals surface area contributed by atoms with Gasteiger partial charge in [0, 0.05) is 23.3 Å². The zero-order chi connectivity index (χ0) is 13.2. The number of phenols is 1. The Morgan fingerprint density at radius 2 is 2.05 bits per heavy atom. The normalized spacial score (nSPS) is 17.8. The molecule has 0 amide bonds. The monoisotopic (exact) mass is 275 g/mol. The summed E-state index contributed by atoms with van der Waals surface area (Å²) in [6.45, 7) is 0. The van der Waals surface area contributed by atoms with E-state index in [4.69, 9.17) is 0 Å². The SMILES string of the molecule is Oc1ccc(NC2CSCc3ccccc32)cc1F. The van der Waals surface area contributed by atoms with Gasteiger partial charge in [0.25, 0.3) is 0 Å². The molecular formula is C15H14FNOS. The number of nitrogens with one attached hydrogen (secondary N) is 1. The molecular weight excluding hydrogens is 261 g/mol. The predicted molar refractivity (Wildman–Crippen MR) is 77.0 cm³/mol. The number of hydrogen-bond acceptors (Lipinski definition) is 3. The fourth-order valence-electron chi connectivity index (χ4n) is 2.30. The van der Waals surface area contributed by atoms with Crippen LogP contribution in [-0.2, 0) is 5.75 Å². The van der Waals surface area contributed by atoms with Gasteiger partial charge >= 0.3 is 0 Å². The summed E-state index contributed by atoms with van der Waals surface area (Å²) in [6.07, 6.45) is 0. The molecule has 19 heavy (non-hydrogen) atoms. The second kappa shape index (κ2) is 5.13. The van der Waals surface area contributed by atoms with Gasteiger partial charge in [0.15, 0.2) is 11.6 Å². The van der Waals surface area contributed by atoms with E-state index in [0.717, 1.165) is 11.5 Å². The van der Waals surface area contributed by atoms with Crippen LogP contribution in [0.3, 0.4) is 0 Å². The molecule has 0 fully saturated rings. The lowest BCUT2D eigenvalue weighted by atomic mass is 10.0. The molecule has 4 heteroatoms. The highest BCUT2D eigenvalue weighted by Crippen LogP contribution is 2.34. The average molecular weight is 275 g/mol. The summed E-state index contributed by atoms with van der Waals surface area (Å²) in [6, 6.07) is 12.9. The summed E-state index contributed by atoms with van der Waals surface area (Å²) in [5.74, 6) is 1.07. The van der Waals surface area contributed by atoms with Gasteiger partial charge in [0.05, 0.1) is 6.04 Å². The molecule has 3 rings (SSSR count). The lowest BCUT2D eigenvalue weighted by Crippen LogP contribution is -2.18. The topological polar surface area (TPSA) is 32.3 Å². The highest BCUT2D eigenvalue weighted by Gasteiger charge is 2.20. The molecule has 1 aliphatic heterocycles. The van der Waals surface area contributed by atoms with Crippen LogP contribution in [0, 0.1) is 5.82 Å². The molecule has 0 saturated heterocycles. The van der Waals surface area contributed by atoms with E-state index in [1.807, 2.05) is 23.9 Å². The standard InChI is InChI=1S/C15H14FNOS/c16-13-7-11(5-6-15(13)18)17-14-9-19-8-10-3-1-2-4-12(10)14/h1-7,14,17-18H,8-9H2. The van der Waals surface area contributed by atoms with Crippen LogP contribution in [0.15, 0.2) is 42.5 Å². The average Bonchev–Trinajstić information content (AvgIpc) is 2.43. The van der Waals surface area contributed by atoms with Gasteiger partial charge in [-0.15, -0.1) is 0 Å². The maximum atomic E-state index is 13.3. The van der Waals surface area contributed by atoms with E-state index in [0.29, 0.717) is 5.69 Å². The Labute approximate surface area is 115 Å². The summed E-state index contributed by atoms with van der Waals surface area (Å²) in [4.78, 5) is 0. The van der Waals surface area contributed by atoms with E-state index >= 15 is 0 Å². The van der Waals surface area contributed by atoms with E-state index in [1.165, 1.54) is 23.3 Å². The minimum Gasteiger partial charge on any atom is -0.505 e. The van der Waals surface area contributed by atoms with Crippen molar-refractivity contribution >= 4 is 17.4 Å². The molecule has 0 aromatic heterocycles. The van der Waals surface area contributed by atoms with Crippen molar-refractivity contribution < 1.29 is 9.50 Å². The van der Waals surface area contributed by atoms with Gasteiger partial charge in [0.2, 0.25) is 0 Å². The number of phenolic OH excluding ortho intramolecular Hbond substituents is 1. The Hall–Kier alpha value is -1.68. The third kappa shape index (κ3) is 2.54. The molecule has 1 unspecified atom stereocenters. The van der Waals surface area contributed by atoms with E-state index in [-0.39, 0.29) is 11.8 Å². The van der Waals surface area contributed by atoms with Crippen molar-refractivity contribution in [2.75, 3.05) is 11.1 Å². The zero-order valence-electron chi connectivity index (χ0n) is 10.3. The van der Waals surface area contributed by atoms with E-state index in [9.17, 15) is 9.50 Å². The van der Waals surface area contributed by atoms with Crippen LogP contribution in [0.1, 0.15) is 17.2 Å². The first-order chi connectivity index (χ1) is 9.24. The van der Waals surface area contributed by atoms with Crippen LogP contribution < -0.4 is 5.32 Å². The van der Waals surface area contributed by atoms with Gasteiger partial charge in [-0.1, -0.05) is 24.3 Å². The van der Waals surface area contributed by atoms with Crippen molar-refractivity contribution in [3.8, 4) is 5.75 Å². The number of halogens is 1. The fraction of sp³-hybridized carbons (Fsp3) is 0.200. The van der Waals surface area contributed by atoms with Crippen molar-refractivity contribution in [3.63, 3.8) is 0 Å². The zero-order valence-corrected chi connectivity index (χ0v) is 11.1. The van der Waals surface area contributed by atoms with Crippen LogP contribution in [-0.4, -0.2) is 10.9 Å². The summed E-state index contributed by atoms with van der Waals surface area (Å²) in [7, 11) is 0. The van der Waals surface area contributed by atoms with Crippen LogP contribution in [0.2, 0.25) is 0 Å². The van der Waals surface area contributed by atoms with Gasteiger partial charge in [-0.25, -0.2) is 4.39 Å². The van der Waals surface area contributed by atoms with Gasteiger partial charge in [0.1, 0.15) is 0 Å².